The summed E-state index contributed by atoms with van der Waals surface area (Å²) in [6.07, 6.45) is 15.5. The number of aliphatic hydroxyl groups is 1. The van der Waals surface area contributed by atoms with Crippen LogP contribution in [0.15, 0.2) is 72.4 Å². The quantitative estimate of drug-likeness (QED) is 0.0316. The number of benzene rings is 2. The van der Waals surface area contributed by atoms with Crippen molar-refractivity contribution >= 4 is 79.2 Å². The number of likely N-dealkylation sites (tertiary alicyclic amines) is 1. The molecule has 4 aliphatic carbocycles. The van der Waals surface area contributed by atoms with Gasteiger partial charge in [0.25, 0.3) is 0 Å². The molecule has 2 unspecified atom stereocenters. The molecule has 4 bridgehead atoms. The Hall–Kier alpha value is -7.24. The number of aryl methyl sites for hydroxylation is 1. The lowest BCUT2D eigenvalue weighted by molar-refractivity contribution is -0.248. The number of carboxylic acids is 1. The molecule has 6 atom stereocenters. The van der Waals surface area contributed by atoms with E-state index in [1.165, 1.54) is 11.3 Å². The van der Waals surface area contributed by atoms with Gasteiger partial charge in [-0.2, -0.15) is 5.10 Å². The number of nitrogens with one attached hydrogen (secondary N) is 3. The molecule has 7 aromatic rings. The predicted molar refractivity (Wildman–Crippen MR) is 373 cm³/mol. The van der Waals surface area contributed by atoms with E-state index in [1.54, 1.807) is 22.7 Å². The van der Waals surface area contributed by atoms with Crippen LogP contribution in [0, 0.1) is 42.4 Å². The normalized spacial score (nSPS) is 23.7. The van der Waals surface area contributed by atoms with Gasteiger partial charge in [0.15, 0.2) is 22.5 Å². The number of aromatic carboxylic acids is 1. The van der Waals surface area contributed by atoms with Crippen LogP contribution in [0.1, 0.15) is 182 Å². The van der Waals surface area contributed by atoms with Gasteiger partial charge in [0.05, 0.1) is 56.8 Å². The molecule has 2 aliphatic heterocycles. The second kappa shape index (κ2) is 27.3. The van der Waals surface area contributed by atoms with Gasteiger partial charge in [0.2, 0.25) is 17.7 Å². The Morgan fingerprint density at radius 1 is 0.853 bits per heavy atom. The minimum absolute atomic E-state index is 0.0148. The lowest BCUT2D eigenvalue weighted by atomic mass is 9.39. The van der Waals surface area contributed by atoms with E-state index in [4.69, 9.17) is 24.9 Å². The van der Waals surface area contributed by atoms with Gasteiger partial charge in [0.1, 0.15) is 17.9 Å². The topological polar surface area (TPSA) is 246 Å². The number of carbonyl (C=O) groups is 4. The SMILES string of the molecule is Cc1ncsc1-c1ccc([C@H](C)NC(=O)[C@@H]2C[C@@H](O)CN2C(=O)[C@@H](NC(=O)CCCCCCCCN(C)CCOC23CC4(C)CC(C)(CC(Cn5ncc(-c6ccc(N7CCCc8c7nnc(Nc7nc9ccccc9s7)c8C)nc6C(=O)O)c5C)(C4)C2)C3)C(C)(C)C)cc1. The number of likely N-dealkylation sites (N-methyl/N-ethyl adjacent to an activating group) is 1. The maximum Gasteiger partial charge on any atom is 0.355 e. The van der Waals surface area contributed by atoms with E-state index in [9.17, 15) is 29.4 Å². The molecule has 13 rings (SSSR count). The van der Waals surface area contributed by atoms with E-state index in [1.807, 2.05) is 113 Å². The Morgan fingerprint density at radius 3 is 2.31 bits per heavy atom. The number of anilines is 4. The highest BCUT2D eigenvalue weighted by atomic mass is 32.1. The first-order chi connectivity index (χ1) is 45.3. The van der Waals surface area contributed by atoms with E-state index < -0.39 is 29.6 Å². The van der Waals surface area contributed by atoms with Crippen molar-refractivity contribution in [1.29, 1.82) is 0 Å². The van der Waals surface area contributed by atoms with Crippen LogP contribution in [0.3, 0.4) is 0 Å². The molecule has 20 nitrogen and oxygen atoms in total. The highest BCUT2D eigenvalue weighted by Gasteiger charge is 2.66. The number of fused-ring (bicyclic) bond motifs is 2. The number of pyridine rings is 1. The van der Waals surface area contributed by atoms with Crippen LogP contribution in [0.5, 0.6) is 0 Å². The van der Waals surface area contributed by atoms with Crippen molar-refractivity contribution in [3.05, 3.63) is 106 Å². The van der Waals surface area contributed by atoms with Crippen LogP contribution in [-0.2, 0) is 32.1 Å². The van der Waals surface area contributed by atoms with Crippen molar-refractivity contribution < 1.29 is 34.1 Å². The lowest BCUT2D eigenvalue weighted by Crippen LogP contribution is -2.64. The molecule has 4 saturated carbocycles. The summed E-state index contributed by atoms with van der Waals surface area (Å²) >= 11 is 3.16. The summed E-state index contributed by atoms with van der Waals surface area (Å²) < 4.78 is 10.4. The number of hydrogen-bond donors (Lipinski definition) is 5. The summed E-state index contributed by atoms with van der Waals surface area (Å²) in [5, 5.41) is 46.1. The fraction of sp³-hybridized carbons (Fsp3) is 0.562. The van der Waals surface area contributed by atoms with Crippen LogP contribution < -0.4 is 20.9 Å². The number of thiazole rings is 2. The smallest absolute Gasteiger partial charge is 0.355 e. The largest absolute Gasteiger partial charge is 0.476 e. The van der Waals surface area contributed by atoms with Crippen molar-refractivity contribution in [2.45, 2.75) is 201 Å². The molecule has 0 spiro atoms. The third-order valence-electron chi connectivity index (χ3n) is 20.9. The number of aliphatic hydroxyl groups excluding tert-OH is 1. The molecule has 0 radical (unpaired) electrons. The Kier molecular flexibility index (Phi) is 19.5. The Bertz CT molecular complexity index is 3920. The summed E-state index contributed by atoms with van der Waals surface area (Å²) in [6, 6.07) is 17.8. The predicted octanol–water partition coefficient (Wildman–Crippen LogP) is 13.1. The number of rotatable bonds is 26. The van der Waals surface area contributed by atoms with Gasteiger partial charge in [-0.3, -0.25) is 19.1 Å². The first-order valence-corrected chi connectivity index (χ1v) is 35.9. The van der Waals surface area contributed by atoms with Gasteiger partial charge in [-0.1, -0.05) is 108 Å². The average molecular weight is 1330 g/mol. The molecular weight excluding hydrogens is 1240 g/mol. The van der Waals surface area contributed by atoms with Crippen LogP contribution in [0.4, 0.5) is 22.6 Å². The van der Waals surface area contributed by atoms with Crippen LogP contribution >= 0.6 is 22.7 Å². The summed E-state index contributed by atoms with van der Waals surface area (Å²) in [5.41, 5.74) is 9.41. The first-order valence-electron chi connectivity index (χ1n) is 34.2. The van der Waals surface area contributed by atoms with Crippen molar-refractivity contribution in [1.82, 2.24) is 55.4 Å². The molecule has 2 aromatic carbocycles. The standard InChI is InChI=1S/C73H95N13O7S2/c1-45-52-20-19-31-84(64(52)82-81-63(45)80-68-77-55-21-16-17-22-57(55)95-68)58-29-28-53(60(78-58)67(91)92)54-35-75-86(48(54)4)43-72-38-70(8)37-71(9,39-72)41-73(40-70,42-72)93-33-32-83(10)30-18-14-12-11-13-15-23-59(88)79-62(69(5,6)7)66(90)85-36-51(87)34-56(85)65(89)76-46(2)49-24-26-50(27-25-49)61-47(3)74-44-94-61/h16-17,21-22,24-29,35,44,46,51,56,62,87H,11-15,18-20,23,30-34,36-43H2,1-10H3,(H,76,89)(H,79,88)(H,91,92)(H,77,80,81)/t46-,51+,56-,62+,70?,71?,72?,73?/m0/s1. The van der Waals surface area contributed by atoms with Crippen molar-refractivity contribution in [3.8, 4) is 21.6 Å². The number of carbonyl (C=O) groups excluding carboxylic acids is 3. The fourth-order valence-corrected chi connectivity index (χ4v) is 19.1. The van der Waals surface area contributed by atoms with Crippen LogP contribution in [-0.4, -0.2) is 142 Å². The number of amides is 3. The molecule has 1 saturated heterocycles. The number of carboxylic acid groups (broad SMARTS) is 1. The summed E-state index contributed by atoms with van der Waals surface area (Å²) in [6.45, 7) is 22.6. The molecule has 5 N–H and O–H groups in total. The summed E-state index contributed by atoms with van der Waals surface area (Å²) in [7, 11) is 2.19. The number of para-hydroxylation sites is 1. The van der Waals surface area contributed by atoms with E-state index in [0.717, 1.165) is 156 Å². The van der Waals surface area contributed by atoms with Crippen molar-refractivity contribution in [2.75, 3.05) is 50.1 Å². The Labute approximate surface area is 566 Å². The Balaban J connectivity index is 0.587. The highest BCUT2D eigenvalue weighted by Crippen LogP contribution is 2.72. The van der Waals surface area contributed by atoms with Gasteiger partial charge >= 0.3 is 5.97 Å². The van der Waals surface area contributed by atoms with Crippen LogP contribution in [0.2, 0.25) is 0 Å². The van der Waals surface area contributed by atoms with Gasteiger partial charge in [-0.15, -0.1) is 21.5 Å². The molecular formula is C73H95N13O7S2. The molecule has 95 heavy (non-hydrogen) atoms. The number of β-amino-alcohol motifs (C(OH)–C–C–N with tert-alkyl or cyclic N) is 1. The lowest BCUT2D eigenvalue weighted by Gasteiger charge is -2.69. The number of aromatic nitrogens is 7. The van der Waals surface area contributed by atoms with E-state index in [-0.39, 0.29) is 64.3 Å². The molecule has 5 aromatic heterocycles. The zero-order chi connectivity index (χ0) is 67.2. The Morgan fingerprint density at radius 2 is 1.59 bits per heavy atom. The monoisotopic (exact) mass is 1330 g/mol. The third kappa shape index (κ3) is 14.7. The number of nitrogens with zero attached hydrogens (tertiary/aromatic N) is 10. The van der Waals surface area contributed by atoms with Gasteiger partial charge in [0, 0.05) is 67.0 Å². The van der Waals surface area contributed by atoms with E-state index >= 15 is 0 Å². The number of ether oxygens (including phenoxy) is 1. The molecule has 6 aliphatic rings. The second-order valence-electron chi connectivity index (χ2n) is 30.3. The molecule has 22 heteroatoms. The fourth-order valence-electron chi connectivity index (χ4n) is 17.4. The molecule has 7 heterocycles. The number of hydrogen-bond acceptors (Lipinski definition) is 17. The molecule has 5 fully saturated rings. The zero-order valence-electron chi connectivity index (χ0n) is 57.0. The summed E-state index contributed by atoms with van der Waals surface area (Å²) in [5.74, 6) is -0.112. The van der Waals surface area contributed by atoms with Crippen molar-refractivity contribution in [2.24, 2.45) is 21.7 Å². The molecule has 506 valence electrons. The van der Waals surface area contributed by atoms with Crippen LogP contribution in [0.25, 0.3) is 31.8 Å². The van der Waals surface area contributed by atoms with E-state index in [2.05, 4.69) is 69.5 Å². The average Bonchev–Trinajstić information content (AvgIpc) is 1.22. The van der Waals surface area contributed by atoms with Gasteiger partial charge in [-0.25, -0.2) is 19.7 Å². The second-order valence-corrected chi connectivity index (χ2v) is 32.2. The van der Waals surface area contributed by atoms with Gasteiger partial charge in [-0.05, 0) is 163 Å². The molecule has 3 amide bonds. The summed E-state index contributed by atoms with van der Waals surface area (Å²) in [4.78, 5) is 75.6. The first kappa shape index (κ1) is 67.7. The minimum Gasteiger partial charge on any atom is -0.476 e. The maximum absolute atomic E-state index is 14.3. The van der Waals surface area contributed by atoms with Gasteiger partial charge < -0.3 is 45.6 Å². The van der Waals surface area contributed by atoms with Crippen molar-refractivity contribution in [3.63, 3.8) is 0 Å². The third-order valence-corrected chi connectivity index (χ3v) is 22.9. The highest BCUT2D eigenvalue weighted by molar-refractivity contribution is 7.22. The maximum atomic E-state index is 14.3. The number of unbranched alkanes of at least 4 members (excludes halogenated alkanes) is 5. The zero-order valence-corrected chi connectivity index (χ0v) is 58.7. The van der Waals surface area contributed by atoms with E-state index in [0.29, 0.717) is 49.0 Å². The minimum atomic E-state index is -1.10.